The zero-order chi connectivity index (χ0) is 18.6. The quantitative estimate of drug-likeness (QED) is 0.616. The fourth-order valence-electron chi connectivity index (χ4n) is 3.06. The normalized spacial score (nSPS) is 14.8. The van der Waals surface area contributed by atoms with Crippen LogP contribution in [0.3, 0.4) is 0 Å². The fraction of sp³-hybridized carbons (Fsp3) is 0.150. The average molecular weight is 352 g/mol. The Kier molecular flexibility index (Phi) is 3.27. The number of phenolic OH excluding ortho intramolecular Hbond substituents is 3. The van der Waals surface area contributed by atoms with Crippen molar-refractivity contribution in [2.45, 2.75) is 19.4 Å². The highest BCUT2D eigenvalue weighted by molar-refractivity contribution is 5.90. The molecule has 0 bridgehead atoms. The van der Waals surface area contributed by atoms with Crippen LogP contribution in [0.2, 0.25) is 0 Å². The molecule has 0 atom stereocenters. The van der Waals surface area contributed by atoms with Gasteiger partial charge in [-0.3, -0.25) is 4.79 Å². The van der Waals surface area contributed by atoms with E-state index in [0.717, 1.165) is 6.07 Å². The summed E-state index contributed by atoms with van der Waals surface area (Å²) in [6, 6.07) is 5.38. The van der Waals surface area contributed by atoms with Gasteiger partial charge in [-0.25, -0.2) is 0 Å². The third-order valence-corrected chi connectivity index (χ3v) is 4.32. The molecule has 0 fully saturated rings. The molecule has 6 heteroatoms. The Morgan fingerprint density at radius 2 is 1.77 bits per heavy atom. The van der Waals surface area contributed by atoms with Gasteiger partial charge in [-0.15, -0.1) is 0 Å². The van der Waals surface area contributed by atoms with Gasteiger partial charge in [0.25, 0.3) is 0 Å². The molecule has 132 valence electrons. The van der Waals surface area contributed by atoms with Crippen molar-refractivity contribution in [3.05, 3.63) is 52.4 Å². The molecule has 6 nitrogen and oxygen atoms in total. The van der Waals surface area contributed by atoms with E-state index >= 15 is 0 Å². The highest BCUT2D eigenvalue weighted by atomic mass is 16.5. The molecule has 3 aromatic rings. The van der Waals surface area contributed by atoms with E-state index < -0.39 is 11.0 Å². The highest BCUT2D eigenvalue weighted by Gasteiger charge is 2.27. The molecule has 1 aromatic heterocycles. The van der Waals surface area contributed by atoms with Crippen LogP contribution < -0.4 is 10.2 Å². The Hall–Kier alpha value is -3.41. The van der Waals surface area contributed by atoms with Crippen LogP contribution in [-0.2, 0) is 0 Å². The van der Waals surface area contributed by atoms with Crippen molar-refractivity contribution < 1.29 is 24.5 Å². The van der Waals surface area contributed by atoms with Crippen LogP contribution in [0, 0.1) is 0 Å². The molecule has 0 spiro atoms. The van der Waals surface area contributed by atoms with E-state index in [1.165, 1.54) is 18.4 Å². The van der Waals surface area contributed by atoms with Crippen molar-refractivity contribution >= 4 is 17.0 Å². The zero-order valence-electron chi connectivity index (χ0n) is 14.1. The van der Waals surface area contributed by atoms with E-state index in [1.807, 2.05) is 19.9 Å². The molecule has 0 aliphatic carbocycles. The van der Waals surface area contributed by atoms with Crippen LogP contribution in [0.4, 0.5) is 0 Å². The number of phenols is 3. The molecule has 0 amide bonds. The lowest BCUT2D eigenvalue weighted by molar-refractivity contribution is 0.159. The van der Waals surface area contributed by atoms with E-state index in [-0.39, 0.29) is 33.8 Å². The van der Waals surface area contributed by atoms with Crippen molar-refractivity contribution in [2.75, 3.05) is 0 Å². The minimum atomic E-state index is -0.611. The summed E-state index contributed by atoms with van der Waals surface area (Å²) in [6.45, 7) is 3.72. The molecule has 0 unspecified atom stereocenters. The van der Waals surface area contributed by atoms with Crippen molar-refractivity contribution in [1.29, 1.82) is 0 Å². The molecule has 0 radical (unpaired) electrons. The first-order chi connectivity index (χ1) is 12.3. The van der Waals surface area contributed by atoms with Crippen LogP contribution in [-0.4, -0.2) is 20.9 Å². The van der Waals surface area contributed by atoms with Gasteiger partial charge >= 0.3 is 0 Å². The molecule has 3 N–H and O–H groups in total. The number of fused-ring (bicyclic) bond motifs is 2. The van der Waals surface area contributed by atoms with Gasteiger partial charge in [0.1, 0.15) is 45.8 Å². The third kappa shape index (κ3) is 2.38. The third-order valence-electron chi connectivity index (χ3n) is 4.32. The fourth-order valence-corrected chi connectivity index (χ4v) is 3.06. The average Bonchev–Trinajstić information content (AvgIpc) is 2.54. The van der Waals surface area contributed by atoms with Crippen LogP contribution >= 0.6 is 0 Å². The van der Waals surface area contributed by atoms with Crippen LogP contribution in [0.1, 0.15) is 19.4 Å². The Bertz CT molecular complexity index is 1140. The Balaban J connectivity index is 2.03. The molecule has 0 saturated heterocycles. The lowest BCUT2D eigenvalue weighted by Crippen LogP contribution is -2.28. The largest absolute Gasteiger partial charge is 0.508 e. The second kappa shape index (κ2) is 5.29. The lowest BCUT2D eigenvalue weighted by atomic mass is 9.96. The topological polar surface area (TPSA) is 100 Å². The van der Waals surface area contributed by atoms with Gasteiger partial charge in [-0.05, 0) is 38.1 Å². The minimum absolute atomic E-state index is 0.0345. The Morgan fingerprint density at radius 3 is 2.54 bits per heavy atom. The van der Waals surface area contributed by atoms with E-state index in [9.17, 15) is 20.1 Å². The van der Waals surface area contributed by atoms with Gasteiger partial charge in [-0.2, -0.15) is 0 Å². The molecule has 26 heavy (non-hydrogen) atoms. The maximum Gasteiger partial charge on any atom is 0.204 e. The SMILES string of the molecule is CC1(C)C=Cc2c(O)ccc(-c3coc4cc(O)cc(O)c4c3=O)c2O1. The van der Waals surface area contributed by atoms with Gasteiger partial charge in [0.05, 0.1) is 11.1 Å². The summed E-state index contributed by atoms with van der Waals surface area (Å²) in [5.74, 6) is -0.177. The Morgan fingerprint density at radius 1 is 1.00 bits per heavy atom. The van der Waals surface area contributed by atoms with Gasteiger partial charge in [0.15, 0.2) is 0 Å². The van der Waals surface area contributed by atoms with E-state index in [0.29, 0.717) is 16.9 Å². The van der Waals surface area contributed by atoms with Gasteiger partial charge < -0.3 is 24.5 Å². The molecular weight excluding hydrogens is 336 g/mol. The standard InChI is InChI=1S/C20H16O6/c1-20(2)6-5-12-14(22)4-3-11(19(12)26-20)13-9-25-16-8-10(21)7-15(23)17(16)18(13)24/h3-9,21-23H,1-2H3. The summed E-state index contributed by atoms with van der Waals surface area (Å²) in [5, 5.41) is 29.7. The van der Waals surface area contributed by atoms with Crippen molar-refractivity contribution in [3.8, 4) is 34.1 Å². The Labute approximate surface area is 148 Å². The maximum atomic E-state index is 13.0. The summed E-state index contributed by atoms with van der Waals surface area (Å²) in [7, 11) is 0. The first kappa shape index (κ1) is 16.1. The summed E-state index contributed by atoms with van der Waals surface area (Å²) in [4.78, 5) is 13.0. The van der Waals surface area contributed by atoms with Crippen LogP contribution in [0.5, 0.6) is 23.0 Å². The van der Waals surface area contributed by atoms with Crippen molar-refractivity contribution in [3.63, 3.8) is 0 Å². The number of benzene rings is 2. The number of ether oxygens (including phenoxy) is 1. The van der Waals surface area contributed by atoms with Crippen LogP contribution in [0.15, 0.2) is 45.8 Å². The summed E-state index contributed by atoms with van der Waals surface area (Å²) in [6.07, 6.45) is 4.82. The lowest BCUT2D eigenvalue weighted by Gasteiger charge is -2.29. The minimum Gasteiger partial charge on any atom is -0.508 e. The number of hydrogen-bond acceptors (Lipinski definition) is 6. The summed E-state index contributed by atoms with van der Waals surface area (Å²) in [5.41, 5.74) is 0.0913. The summed E-state index contributed by atoms with van der Waals surface area (Å²) >= 11 is 0. The molecule has 0 saturated carbocycles. The monoisotopic (exact) mass is 352 g/mol. The first-order valence-corrected chi connectivity index (χ1v) is 7.99. The molecule has 2 aromatic carbocycles. The number of aromatic hydroxyl groups is 3. The molecule has 1 aliphatic rings. The summed E-state index contributed by atoms with van der Waals surface area (Å²) < 4.78 is 11.4. The number of hydrogen-bond donors (Lipinski definition) is 3. The second-order valence-electron chi connectivity index (χ2n) is 6.73. The predicted octanol–water partition coefficient (Wildman–Crippen LogP) is 3.76. The predicted molar refractivity (Wildman–Crippen MR) is 96.7 cm³/mol. The van der Waals surface area contributed by atoms with Gasteiger partial charge in [0.2, 0.25) is 5.43 Å². The molecule has 1 aliphatic heterocycles. The van der Waals surface area contributed by atoms with E-state index in [2.05, 4.69) is 0 Å². The first-order valence-electron chi connectivity index (χ1n) is 7.99. The van der Waals surface area contributed by atoms with Crippen molar-refractivity contribution in [1.82, 2.24) is 0 Å². The smallest absolute Gasteiger partial charge is 0.204 e. The zero-order valence-corrected chi connectivity index (χ0v) is 14.1. The van der Waals surface area contributed by atoms with Crippen LogP contribution in [0.25, 0.3) is 28.2 Å². The van der Waals surface area contributed by atoms with Crippen molar-refractivity contribution in [2.24, 2.45) is 0 Å². The van der Waals surface area contributed by atoms with E-state index in [1.54, 1.807) is 12.1 Å². The molecule has 4 rings (SSSR count). The molecule has 2 heterocycles. The highest BCUT2D eigenvalue weighted by Crippen LogP contribution is 2.43. The maximum absolute atomic E-state index is 13.0. The number of rotatable bonds is 1. The second-order valence-corrected chi connectivity index (χ2v) is 6.73. The van der Waals surface area contributed by atoms with Gasteiger partial charge in [0, 0.05) is 17.7 Å². The van der Waals surface area contributed by atoms with E-state index in [4.69, 9.17) is 9.15 Å². The molecular formula is C20H16O6. The van der Waals surface area contributed by atoms with Gasteiger partial charge in [-0.1, -0.05) is 0 Å².